The maximum absolute atomic E-state index is 13.8. The maximum atomic E-state index is 13.8. The first-order valence-electron chi connectivity index (χ1n) is 5.35. The SMILES string of the molecule is C[C@H](N)c1cccc(OCC2CC2)c1F.Cl. The van der Waals surface area contributed by atoms with Gasteiger partial charge in [0.1, 0.15) is 0 Å². The van der Waals surface area contributed by atoms with Crippen molar-refractivity contribution in [3.8, 4) is 5.75 Å². The molecule has 1 aliphatic carbocycles. The highest BCUT2D eigenvalue weighted by atomic mass is 35.5. The molecule has 1 aromatic carbocycles. The van der Waals surface area contributed by atoms with Crippen LogP contribution >= 0.6 is 12.4 Å². The van der Waals surface area contributed by atoms with Gasteiger partial charge >= 0.3 is 0 Å². The molecule has 0 saturated heterocycles. The molecule has 4 heteroatoms. The topological polar surface area (TPSA) is 35.2 Å². The van der Waals surface area contributed by atoms with E-state index < -0.39 is 0 Å². The van der Waals surface area contributed by atoms with Gasteiger partial charge in [-0.25, -0.2) is 4.39 Å². The van der Waals surface area contributed by atoms with Crippen LogP contribution in [0.15, 0.2) is 18.2 Å². The molecule has 1 saturated carbocycles. The van der Waals surface area contributed by atoms with Gasteiger partial charge in [-0.05, 0) is 31.7 Å². The molecule has 0 unspecified atom stereocenters. The summed E-state index contributed by atoms with van der Waals surface area (Å²) in [5.41, 5.74) is 6.17. The summed E-state index contributed by atoms with van der Waals surface area (Å²) in [5, 5.41) is 0. The van der Waals surface area contributed by atoms with Crippen molar-refractivity contribution in [1.29, 1.82) is 0 Å². The minimum atomic E-state index is -0.312. The highest BCUT2D eigenvalue weighted by Crippen LogP contribution is 2.31. The van der Waals surface area contributed by atoms with Gasteiger partial charge < -0.3 is 10.5 Å². The van der Waals surface area contributed by atoms with Gasteiger partial charge in [0, 0.05) is 11.6 Å². The Hall–Kier alpha value is -0.800. The summed E-state index contributed by atoms with van der Waals surface area (Å²) in [5.74, 6) is 0.646. The van der Waals surface area contributed by atoms with Crippen molar-refractivity contribution in [3.63, 3.8) is 0 Å². The zero-order chi connectivity index (χ0) is 10.8. The van der Waals surface area contributed by atoms with Crippen molar-refractivity contribution >= 4 is 12.4 Å². The van der Waals surface area contributed by atoms with Crippen LogP contribution in [-0.4, -0.2) is 6.61 Å². The molecule has 1 fully saturated rings. The summed E-state index contributed by atoms with van der Waals surface area (Å²) in [6.45, 7) is 2.39. The van der Waals surface area contributed by atoms with Crippen molar-refractivity contribution in [1.82, 2.24) is 0 Å². The Bertz CT molecular complexity index is 353. The first-order valence-corrected chi connectivity index (χ1v) is 5.35. The Kier molecular flexibility index (Phi) is 4.56. The van der Waals surface area contributed by atoms with E-state index in [0.29, 0.717) is 23.8 Å². The molecule has 1 atom stereocenters. The second kappa shape index (κ2) is 5.51. The zero-order valence-corrected chi connectivity index (χ0v) is 10.1. The van der Waals surface area contributed by atoms with Crippen LogP contribution in [-0.2, 0) is 0 Å². The fourth-order valence-corrected chi connectivity index (χ4v) is 1.48. The summed E-state index contributed by atoms with van der Waals surface area (Å²) in [7, 11) is 0. The Labute approximate surface area is 101 Å². The number of nitrogens with two attached hydrogens (primary N) is 1. The normalized spacial score (nSPS) is 16.4. The van der Waals surface area contributed by atoms with Gasteiger partial charge in [-0.3, -0.25) is 0 Å². The predicted molar refractivity (Wildman–Crippen MR) is 64.5 cm³/mol. The third kappa shape index (κ3) is 3.09. The van der Waals surface area contributed by atoms with Gasteiger partial charge in [-0.15, -0.1) is 12.4 Å². The average Bonchev–Trinajstić information content (AvgIpc) is 2.99. The largest absolute Gasteiger partial charge is 0.490 e. The van der Waals surface area contributed by atoms with Gasteiger partial charge in [0.25, 0.3) is 0 Å². The number of rotatable bonds is 4. The molecule has 90 valence electrons. The molecular weight excluding hydrogens is 229 g/mol. The standard InChI is InChI=1S/C12H16FNO.ClH/c1-8(14)10-3-2-4-11(12(10)13)15-7-9-5-6-9;/h2-4,8-9H,5-7,14H2,1H3;1H/t8-;/m0./s1. The highest BCUT2D eigenvalue weighted by molar-refractivity contribution is 5.85. The van der Waals surface area contributed by atoms with Gasteiger partial charge in [0.2, 0.25) is 0 Å². The van der Waals surface area contributed by atoms with E-state index in [9.17, 15) is 4.39 Å². The molecule has 0 aromatic heterocycles. The van der Waals surface area contributed by atoms with Crippen molar-refractivity contribution in [2.45, 2.75) is 25.8 Å². The number of hydrogen-bond acceptors (Lipinski definition) is 2. The van der Waals surface area contributed by atoms with Crippen LogP contribution in [0.25, 0.3) is 0 Å². The lowest BCUT2D eigenvalue weighted by molar-refractivity contribution is 0.284. The van der Waals surface area contributed by atoms with Crippen LogP contribution in [0, 0.1) is 11.7 Å². The molecule has 0 aliphatic heterocycles. The lowest BCUT2D eigenvalue weighted by Gasteiger charge is -2.11. The third-order valence-corrected chi connectivity index (χ3v) is 2.66. The van der Waals surface area contributed by atoms with Crippen molar-refractivity contribution in [2.75, 3.05) is 6.61 Å². The number of hydrogen-bond donors (Lipinski definition) is 1. The quantitative estimate of drug-likeness (QED) is 0.885. The zero-order valence-electron chi connectivity index (χ0n) is 9.28. The van der Waals surface area contributed by atoms with E-state index in [1.165, 1.54) is 12.8 Å². The molecule has 2 rings (SSSR count). The van der Waals surface area contributed by atoms with Crippen LogP contribution in [0.3, 0.4) is 0 Å². The third-order valence-electron chi connectivity index (χ3n) is 2.66. The molecule has 0 amide bonds. The Morgan fingerprint density at radius 2 is 2.19 bits per heavy atom. The van der Waals surface area contributed by atoms with E-state index in [2.05, 4.69) is 0 Å². The smallest absolute Gasteiger partial charge is 0.169 e. The summed E-state index contributed by atoms with van der Waals surface area (Å²) < 4.78 is 19.2. The van der Waals surface area contributed by atoms with Gasteiger partial charge in [-0.2, -0.15) is 0 Å². The average molecular weight is 246 g/mol. The van der Waals surface area contributed by atoms with E-state index in [4.69, 9.17) is 10.5 Å². The van der Waals surface area contributed by atoms with Crippen molar-refractivity contribution in [3.05, 3.63) is 29.6 Å². The minimum absolute atomic E-state index is 0. The molecular formula is C12H17ClFNO. The van der Waals surface area contributed by atoms with Crippen molar-refractivity contribution in [2.24, 2.45) is 11.7 Å². The van der Waals surface area contributed by atoms with Crippen LogP contribution < -0.4 is 10.5 Å². The fourth-order valence-electron chi connectivity index (χ4n) is 1.48. The van der Waals surface area contributed by atoms with Crippen LogP contribution in [0.2, 0.25) is 0 Å². The van der Waals surface area contributed by atoms with E-state index in [1.807, 2.05) is 0 Å². The van der Waals surface area contributed by atoms with Gasteiger partial charge in [0.05, 0.1) is 6.61 Å². The molecule has 0 spiro atoms. The summed E-state index contributed by atoms with van der Waals surface area (Å²) >= 11 is 0. The monoisotopic (exact) mass is 245 g/mol. The second-order valence-corrected chi connectivity index (χ2v) is 4.20. The van der Waals surface area contributed by atoms with E-state index in [0.717, 1.165) is 0 Å². The Morgan fingerprint density at radius 1 is 1.50 bits per heavy atom. The van der Waals surface area contributed by atoms with Crippen LogP contribution in [0.4, 0.5) is 4.39 Å². The van der Waals surface area contributed by atoms with E-state index >= 15 is 0 Å². The maximum Gasteiger partial charge on any atom is 0.169 e. The minimum Gasteiger partial charge on any atom is -0.490 e. The molecule has 1 aromatic rings. The number of benzene rings is 1. The summed E-state index contributed by atoms with van der Waals surface area (Å²) in [6.07, 6.45) is 2.41. The molecule has 1 aliphatic rings. The van der Waals surface area contributed by atoms with E-state index in [1.54, 1.807) is 25.1 Å². The summed E-state index contributed by atoms with van der Waals surface area (Å²) in [4.78, 5) is 0. The molecule has 2 N–H and O–H groups in total. The fraction of sp³-hybridized carbons (Fsp3) is 0.500. The van der Waals surface area contributed by atoms with Gasteiger partial charge in [0.15, 0.2) is 11.6 Å². The highest BCUT2D eigenvalue weighted by Gasteiger charge is 2.23. The lowest BCUT2D eigenvalue weighted by Crippen LogP contribution is -2.09. The Morgan fingerprint density at radius 3 is 2.75 bits per heavy atom. The van der Waals surface area contributed by atoms with Gasteiger partial charge in [-0.1, -0.05) is 12.1 Å². The molecule has 2 nitrogen and oxygen atoms in total. The molecule has 0 heterocycles. The number of ether oxygens (including phenoxy) is 1. The predicted octanol–water partition coefficient (Wildman–Crippen LogP) is 3.06. The molecule has 0 bridgehead atoms. The lowest BCUT2D eigenvalue weighted by atomic mass is 10.1. The van der Waals surface area contributed by atoms with Crippen molar-refractivity contribution < 1.29 is 9.13 Å². The molecule has 16 heavy (non-hydrogen) atoms. The first kappa shape index (κ1) is 13.3. The van der Waals surface area contributed by atoms with Crippen LogP contribution in [0.5, 0.6) is 5.75 Å². The van der Waals surface area contributed by atoms with Crippen LogP contribution in [0.1, 0.15) is 31.4 Å². The summed E-state index contributed by atoms with van der Waals surface area (Å²) in [6, 6.07) is 4.84. The Balaban J connectivity index is 0.00000128. The number of halogens is 2. The first-order chi connectivity index (χ1) is 7.18. The second-order valence-electron chi connectivity index (χ2n) is 4.20. The van der Waals surface area contributed by atoms with E-state index in [-0.39, 0.29) is 24.3 Å². The molecule has 0 radical (unpaired) electrons.